The Morgan fingerprint density at radius 3 is 2.67 bits per heavy atom. The molecule has 0 fully saturated rings. The summed E-state index contributed by atoms with van der Waals surface area (Å²) >= 11 is 0. The molecule has 2 aromatic carbocycles. The SMILES string of the molecule is Cc1ccc(-c2cnc(CCC(=O)Nc3cccc(OCCS(C)(=O)=O)c3)o2)cc1. The average molecular weight is 429 g/mol. The normalized spacial score (nSPS) is 11.3. The Labute approximate surface area is 176 Å². The number of aryl methyl sites for hydroxylation is 2. The fraction of sp³-hybridized carbons (Fsp3) is 0.273. The lowest BCUT2D eigenvalue weighted by Gasteiger charge is -2.08. The minimum Gasteiger partial charge on any atom is -0.492 e. The van der Waals surface area contributed by atoms with E-state index in [1.54, 1.807) is 30.5 Å². The van der Waals surface area contributed by atoms with Crippen molar-refractivity contribution in [3.63, 3.8) is 0 Å². The highest BCUT2D eigenvalue weighted by molar-refractivity contribution is 7.90. The molecule has 3 rings (SSSR count). The summed E-state index contributed by atoms with van der Waals surface area (Å²) in [5.74, 6) is 1.41. The number of nitrogens with zero attached hydrogens (tertiary/aromatic N) is 1. The van der Waals surface area contributed by atoms with Crippen LogP contribution in [0, 0.1) is 6.92 Å². The van der Waals surface area contributed by atoms with E-state index in [-0.39, 0.29) is 24.7 Å². The summed E-state index contributed by atoms with van der Waals surface area (Å²) in [6.45, 7) is 2.08. The number of ether oxygens (including phenoxy) is 1. The third kappa shape index (κ3) is 6.73. The summed E-state index contributed by atoms with van der Waals surface area (Å²) in [4.78, 5) is 16.5. The van der Waals surface area contributed by atoms with Crippen molar-refractivity contribution in [1.82, 2.24) is 4.98 Å². The zero-order valence-electron chi connectivity index (χ0n) is 16.9. The van der Waals surface area contributed by atoms with E-state index in [1.807, 2.05) is 31.2 Å². The Kier molecular flexibility index (Phi) is 6.89. The average Bonchev–Trinajstić information content (AvgIpc) is 3.15. The fourth-order valence-corrected chi connectivity index (χ4v) is 3.08. The highest BCUT2D eigenvalue weighted by Gasteiger charge is 2.10. The maximum Gasteiger partial charge on any atom is 0.224 e. The van der Waals surface area contributed by atoms with Crippen molar-refractivity contribution in [3.8, 4) is 17.1 Å². The molecule has 1 amide bonds. The van der Waals surface area contributed by atoms with E-state index in [0.29, 0.717) is 29.5 Å². The number of anilines is 1. The standard InChI is InChI=1S/C22H24N2O5S/c1-16-6-8-17(9-7-16)20-15-23-22(29-20)11-10-21(25)24-18-4-3-5-19(14-18)28-12-13-30(2,26)27/h3-9,14-15H,10-13H2,1-2H3,(H,24,25). The molecule has 0 spiro atoms. The first kappa shape index (κ1) is 21.6. The Hall–Kier alpha value is -3.13. The zero-order chi connectivity index (χ0) is 21.6. The third-order valence-electron chi connectivity index (χ3n) is 4.30. The number of carbonyl (C=O) groups is 1. The van der Waals surface area contributed by atoms with E-state index in [0.717, 1.165) is 11.8 Å². The minimum absolute atomic E-state index is 0.0592. The van der Waals surface area contributed by atoms with Crippen molar-refractivity contribution in [2.75, 3.05) is 23.9 Å². The maximum atomic E-state index is 12.3. The second-order valence-electron chi connectivity index (χ2n) is 7.04. The van der Waals surface area contributed by atoms with Crippen LogP contribution in [0.3, 0.4) is 0 Å². The molecule has 0 saturated heterocycles. The molecule has 0 unspecified atom stereocenters. The number of rotatable bonds is 9. The van der Waals surface area contributed by atoms with Gasteiger partial charge in [-0.25, -0.2) is 13.4 Å². The number of oxazole rings is 1. The van der Waals surface area contributed by atoms with E-state index >= 15 is 0 Å². The van der Waals surface area contributed by atoms with Gasteiger partial charge in [-0.2, -0.15) is 0 Å². The van der Waals surface area contributed by atoms with Gasteiger partial charge < -0.3 is 14.5 Å². The molecule has 1 heterocycles. The monoisotopic (exact) mass is 428 g/mol. The van der Waals surface area contributed by atoms with Crippen molar-refractivity contribution in [2.45, 2.75) is 19.8 Å². The second-order valence-corrected chi connectivity index (χ2v) is 9.30. The second kappa shape index (κ2) is 9.58. The largest absolute Gasteiger partial charge is 0.492 e. The number of amides is 1. The number of carbonyl (C=O) groups excluding carboxylic acids is 1. The summed E-state index contributed by atoms with van der Waals surface area (Å²) in [6, 6.07) is 14.8. The van der Waals surface area contributed by atoms with E-state index in [9.17, 15) is 13.2 Å². The Morgan fingerprint density at radius 2 is 1.93 bits per heavy atom. The van der Waals surface area contributed by atoms with E-state index in [2.05, 4.69) is 10.3 Å². The Morgan fingerprint density at radius 1 is 1.17 bits per heavy atom. The van der Waals surface area contributed by atoms with Crippen LogP contribution in [-0.4, -0.2) is 37.9 Å². The van der Waals surface area contributed by atoms with Crippen LogP contribution >= 0.6 is 0 Å². The van der Waals surface area contributed by atoms with Crippen LogP contribution in [-0.2, 0) is 21.1 Å². The summed E-state index contributed by atoms with van der Waals surface area (Å²) in [5.41, 5.74) is 2.68. The quantitative estimate of drug-likeness (QED) is 0.559. The first-order valence-corrected chi connectivity index (χ1v) is 11.6. The van der Waals surface area contributed by atoms with Crippen LogP contribution in [0.2, 0.25) is 0 Å². The van der Waals surface area contributed by atoms with Crippen molar-refractivity contribution < 1.29 is 22.4 Å². The minimum atomic E-state index is -3.08. The molecular formula is C22H24N2O5S. The van der Waals surface area contributed by atoms with Crippen LogP contribution < -0.4 is 10.1 Å². The van der Waals surface area contributed by atoms with Crippen molar-refractivity contribution in [1.29, 1.82) is 0 Å². The van der Waals surface area contributed by atoms with Gasteiger partial charge >= 0.3 is 0 Å². The number of nitrogens with one attached hydrogen (secondary N) is 1. The topological polar surface area (TPSA) is 98.5 Å². The number of hydrogen-bond acceptors (Lipinski definition) is 6. The first-order chi connectivity index (χ1) is 14.3. The molecule has 3 aromatic rings. The molecule has 8 heteroatoms. The lowest BCUT2D eigenvalue weighted by atomic mass is 10.1. The molecule has 0 aliphatic heterocycles. The zero-order valence-corrected chi connectivity index (χ0v) is 17.7. The van der Waals surface area contributed by atoms with Gasteiger partial charge in [-0.3, -0.25) is 4.79 Å². The van der Waals surface area contributed by atoms with Gasteiger partial charge in [-0.15, -0.1) is 0 Å². The van der Waals surface area contributed by atoms with E-state index in [1.165, 1.54) is 5.56 Å². The summed E-state index contributed by atoms with van der Waals surface area (Å²) in [5, 5.41) is 2.80. The molecule has 1 aromatic heterocycles. The third-order valence-corrected chi connectivity index (χ3v) is 5.20. The number of benzene rings is 2. The van der Waals surface area contributed by atoms with Crippen molar-refractivity contribution >= 4 is 21.4 Å². The smallest absolute Gasteiger partial charge is 0.224 e. The lowest BCUT2D eigenvalue weighted by molar-refractivity contribution is -0.116. The van der Waals surface area contributed by atoms with Crippen LogP contribution in [0.25, 0.3) is 11.3 Å². The van der Waals surface area contributed by atoms with Gasteiger partial charge in [0.15, 0.2) is 21.5 Å². The Balaban J connectivity index is 1.50. The fourth-order valence-electron chi connectivity index (χ4n) is 2.70. The summed E-state index contributed by atoms with van der Waals surface area (Å²) in [6.07, 6.45) is 3.41. The first-order valence-electron chi connectivity index (χ1n) is 9.51. The molecule has 0 atom stereocenters. The van der Waals surface area contributed by atoms with Gasteiger partial charge in [0.1, 0.15) is 12.4 Å². The molecule has 0 radical (unpaired) electrons. The number of sulfone groups is 1. The maximum absolute atomic E-state index is 12.3. The number of aromatic nitrogens is 1. The van der Waals surface area contributed by atoms with Crippen LogP contribution in [0.15, 0.2) is 59.1 Å². The molecule has 1 N–H and O–H groups in total. The van der Waals surface area contributed by atoms with Gasteiger partial charge in [0.05, 0.1) is 11.9 Å². The molecule has 0 bridgehead atoms. The van der Waals surface area contributed by atoms with Gasteiger partial charge in [-0.1, -0.05) is 35.9 Å². The van der Waals surface area contributed by atoms with Crippen molar-refractivity contribution in [3.05, 3.63) is 66.2 Å². The van der Waals surface area contributed by atoms with Gasteiger partial charge in [-0.05, 0) is 19.1 Å². The lowest BCUT2D eigenvalue weighted by Crippen LogP contribution is -2.13. The van der Waals surface area contributed by atoms with Gasteiger partial charge in [0.25, 0.3) is 0 Å². The van der Waals surface area contributed by atoms with E-state index < -0.39 is 9.84 Å². The number of hydrogen-bond donors (Lipinski definition) is 1. The molecule has 0 aliphatic rings. The van der Waals surface area contributed by atoms with Crippen LogP contribution in [0.5, 0.6) is 5.75 Å². The molecule has 30 heavy (non-hydrogen) atoms. The summed E-state index contributed by atoms with van der Waals surface area (Å²) < 4.78 is 33.5. The van der Waals surface area contributed by atoms with E-state index in [4.69, 9.17) is 9.15 Å². The highest BCUT2D eigenvalue weighted by atomic mass is 32.2. The summed E-state index contributed by atoms with van der Waals surface area (Å²) in [7, 11) is -3.08. The predicted molar refractivity (Wildman–Crippen MR) is 115 cm³/mol. The molecular weight excluding hydrogens is 404 g/mol. The predicted octanol–water partition coefficient (Wildman–Crippen LogP) is 3.64. The highest BCUT2D eigenvalue weighted by Crippen LogP contribution is 2.22. The molecule has 158 valence electrons. The van der Waals surface area contributed by atoms with Gasteiger partial charge in [0, 0.05) is 36.4 Å². The van der Waals surface area contributed by atoms with Crippen LogP contribution in [0.4, 0.5) is 5.69 Å². The van der Waals surface area contributed by atoms with Gasteiger partial charge in [0.2, 0.25) is 5.91 Å². The van der Waals surface area contributed by atoms with Crippen LogP contribution in [0.1, 0.15) is 17.9 Å². The van der Waals surface area contributed by atoms with Crippen molar-refractivity contribution in [2.24, 2.45) is 0 Å². The molecule has 0 saturated carbocycles. The molecule has 0 aliphatic carbocycles. The molecule has 7 nitrogen and oxygen atoms in total. The Bertz CT molecular complexity index is 1100.